The summed E-state index contributed by atoms with van der Waals surface area (Å²) in [6, 6.07) is 0. The third kappa shape index (κ3) is 51.7. The van der Waals surface area contributed by atoms with Crippen LogP contribution in [0.1, 0.15) is 374 Å². The quantitative estimate of drug-likeness (QED) is 0.0421. The Morgan fingerprint density at radius 1 is 0.127 bits per heavy atom. The highest BCUT2D eigenvalue weighted by atomic mass is 31.2. The lowest BCUT2D eigenvalue weighted by Gasteiger charge is -2.28. The molecule has 0 rings (SSSR count). The largest absolute Gasteiger partial charge is 0.0654 e. The maximum atomic E-state index is 2.35. The van der Waals surface area contributed by atoms with Crippen LogP contribution in [0, 0.1) is 0 Å². The Kier molecular flexibility index (Phi) is 57.1. The summed E-state index contributed by atoms with van der Waals surface area (Å²) in [5.74, 6) is 0. The minimum atomic E-state index is -0.826. The summed E-state index contributed by atoms with van der Waals surface area (Å²) in [6.07, 6.45) is 87.3. The first-order chi connectivity index (χ1) is 31.2. The molecule has 0 N–H and O–H groups in total. The van der Waals surface area contributed by atoms with E-state index in [-0.39, 0.29) is 0 Å². The molecule has 0 radical (unpaired) electrons. The predicted molar refractivity (Wildman–Crippen MR) is 298 cm³/mol. The zero-order valence-corrected chi connectivity index (χ0v) is 46.4. The average Bonchev–Trinajstić information content (AvgIpc) is 3.29. The third-order valence-corrected chi connectivity index (χ3v) is 20.5. The summed E-state index contributed by atoms with van der Waals surface area (Å²) >= 11 is 0. The van der Waals surface area contributed by atoms with E-state index in [1.165, 1.54) is 321 Å². The van der Waals surface area contributed by atoms with Gasteiger partial charge in [0.15, 0.2) is 0 Å². The highest BCUT2D eigenvalue weighted by Gasteiger charge is 2.35. The van der Waals surface area contributed by atoms with Crippen LogP contribution < -0.4 is 0 Å². The molecule has 0 spiro atoms. The number of hydrogen-bond acceptors (Lipinski definition) is 0. The molecule has 0 aliphatic rings. The molecule has 1 heteroatoms. The smallest absolute Gasteiger partial charge is 0.0594 e. The van der Waals surface area contributed by atoms with E-state index in [0.717, 1.165) is 0 Å². The van der Waals surface area contributed by atoms with Crippen molar-refractivity contribution in [3.8, 4) is 0 Å². The molecular weight excluding hydrogens is 776 g/mol. The number of unbranched alkanes of at least 4 members (excludes halogenated alkanes) is 50. The molecule has 0 amide bonds. The summed E-state index contributed by atoms with van der Waals surface area (Å²) in [4.78, 5) is 0. The molecule has 0 heterocycles. The summed E-state index contributed by atoms with van der Waals surface area (Å²) < 4.78 is 0. The lowest BCUT2D eigenvalue weighted by atomic mass is 10.0. The molecule has 0 aromatic rings. The van der Waals surface area contributed by atoms with Gasteiger partial charge in [0.05, 0.1) is 24.6 Å². The molecule has 0 fully saturated rings. The van der Waals surface area contributed by atoms with Gasteiger partial charge in [-0.1, -0.05) is 323 Å². The monoisotopic (exact) mass is 904 g/mol. The lowest BCUT2D eigenvalue weighted by Crippen LogP contribution is -2.13. The van der Waals surface area contributed by atoms with Crippen molar-refractivity contribution in [3.63, 3.8) is 0 Å². The standard InChI is InChI=1S/C62H128P/c1-5-9-13-17-21-25-28-31-34-37-40-44-48-52-56-60-63(59-55-51-47-43-24-20-16-12-8-4,61-57-53-49-45-41-38-35-32-29-26-22-18-14-10-6-2)62-58-54-50-46-42-39-36-33-30-27-23-19-15-11-7-3/h5-62H2,1-4H3/q+1. The lowest BCUT2D eigenvalue weighted by molar-refractivity contribution is 0.533. The SMILES string of the molecule is CCCCCCCCCCCCCCCCC[P+](CCCCCCCCCCC)(CCCCCCCCCCCCCCCCC)CCCCCCCCCCCCCCCCC. The van der Waals surface area contributed by atoms with E-state index in [1.807, 2.05) is 0 Å². The summed E-state index contributed by atoms with van der Waals surface area (Å²) in [7, 11) is -0.826. The van der Waals surface area contributed by atoms with Crippen LogP contribution in [0.2, 0.25) is 0 Å². The highest BCUT2D eigenvalue weighted by Crippen LogP contribution is 2.61. The van der Waals surface area contributed by atoms with Crippen molar-refractivity contribution in [3.05, 3.63) is 0 Å². The maximum Gasteiger partial charge on any atom is 0.0594 e. The maximum absolute atomic E-state index is 2.35. The van der Waals surface area contributed by atoms with Gasteiger partial charge in [0.2, 0.25) is 0 Å². The molecule has 0 aliphatic carbocycles. The van der Waals surface area contributed by atoms with E-state index in [2.05, 4.69) is 27.7 Å². The van der Waals surface area contributed by atoms with Crippen molar-refractivity contribution in [1.29, 1.82) is 0 Å². The molecule has 0 atom stereocenters. The molecule has 0 unspecified atom stereocenters. The minimum absolute atomic E-state index is 0.826. The van der Waals surface area contributed by atoms with Crippen molar-refractivity contribution in [1.82, 2.24) is 0 Å². The van der Waals surface area contributed by atoms with Crippen LogP contribution in [0.3, 0.4) is 0 Å². The zero-order valence-electron chi connectivity index (χ0n) is 45.5. The van der Waals surface area contributed by atoms with Gasteiger partial charge >= 0.3 is 0 Å². The fraction of sp³-hybridized carbons (Fsp3) is 1.00. The first kappa shape index (κ1) is 63.4. The van der Waals surface area contributed by atoms with Gasteiger partial charge in [-0.05, 0) is 51.4 Å². The Bertz CT molecular complexity index is 690. The Hall–Kier alpha value is 0.430. The van der Waals surface area contributed by atoms with Crippen molar-refractivity contribution < 1.29 is 0 Å². The first-order valence-electron chi connectivity index (χ1n) is 31.1. The molecule has 0 saturated carbocycles. The van der Waals surface area contributed by atoms with Gasteiger partial charge in [0, 0.05) is 7.26 Å². The average molecular weight is 905 g/mol. The summed E-state index contributed by atoms with van der Waals surface area (Å²) in [5, 5.41) is 0. The van der Waals surface area contributed by atoms with Crippen molar-refractivity contribution in [2.75, 3.05) is 24.6 Å². The Balaban J connectivity index is 4.85. The van der Waals surface area contributed by atoms with Crippen LogP contribution >= 0.6 is 7.26 Å². The molecule has 0 nitrogen and oxygen atoms in total. The fourth-order valence-electron chi connectivity index (χ4n) is 10.9. The molecule has 0 aliphatic heterocycles. The summed E-state index contributed by atoms with van der Waals surface area (Å²) in [5.41, 5.74) is 0. The van der Waals surface area contributed by atoms with E-state index >= 15 is 0 Å². The van der Waals surface area contributed by atoms with Gasteiger partial charge in [0.25, 0.3) is 0 Å². The Morgan fingerprint density at radius 2 is 0.222 bits per heavy atom. The van der Waals surface area contributed by atoms with Crippen LogP contribution in [-0.4, -0.2) is 24.6 Å². The van der Waals surface area contributed by atoms with Crippen LogP contribution in [0.25, 0.3) is 0 Å². The Labute approximate surface area is 404 Å². The minimum Gasteiger partial charge on any atom is -0.0654 e. The molecule has 63 heavy (non-hydrogen) atoms. The number of rotatable bonds is 58. The van der Waals surface area contributed by atoms with Crippen LogP contribution in [0.5, 0.6) is 0 Å². The number of hydrogen-bond donors (Lipinski definition) is 0. The molecule has 0 saturated heterocycles. The fourth-order valence-corrected chi connectivity index (χ4v) is 15.8. The molecule has 0 bridgehead atoms. The first-order valence-corrected chi connectivity index (χ1v) is 33.6. The highest BCUT2D eigenvalue weighted by molar-refractivity contribution is 7.75. The molecule has 0 aromatic heterocycles. The van der Waals surface area contributed by atoms with Gasteiger partial charge in [-0.25, -0.2) is 0 Å². The van der Waals surface area contributed by atoms with Crippen molar-refractivity contribution in [2.45, 2.75) is 374 Å². The van der Waals surface area contributed by atoms with E-state index < -0.39 is 7.26 Å². The van der Waals surface area contributed by atoms with E-state index in [0.29, 0.717) is 0 Å². The van der Waals surface area contributed by atoms with E-state index in [4.69, 9.17) is 0 Å². The second-order valence-corrected chi connectivity index (χ2v) is 26.4. The van der Waals surface area contributed by atoms with Gasteiger partial charge in [-0.2, -0.15) is 0 Å². The third-order valence-electron chi connectivity index (χ3n) is 15.4. The molecule has 0 aromatic carbocycles. The second-order valence-electron chi connectivity index (χ2n) is 21.9. The van der Waals surface area contributed by atoms with Gasteiger partial charge in [0.1, 0.15) is 0 Å². The van der Waals surface area contributed by atoms with E-state index in [9.17, 15) is 0 Å². The van der Waals surface area contributed by atoms with Crippen LogP contribution in [-0.2, 0) is 0 Å². The van der Waals surface area contributed by atoms with Crippen molar-refractivity contribution in [2.24, 2.45) is 0 Å². The van der Waals surface area contributed by atoms with E-state index in [1.54, 1.807) is 50.3 Å². The predicted octanol–water partition coefficient (Wildman–Crippen LogP) is 24.1. The van der Waals surface area contributed by atoms with Gasteiger partial charge < -0.3 is 0 Å². The second kappa shape index (κ2) is 56.8. The Morgan fingerprint density at radius 3 is 0.333 bits per heavy atom. The zero-order chi connectivity index (χ0) is 45.5. The topological polar surface area (TPSA) is 0 Å². The van der Waals surface area contributed by atoms with Gasteiger partial charge in [-0.15, -0.1) is 0 Å². The summed E-state index contributed by atoms with van der Waals surface area (Å²) in [6.45, 7) is 9.35. The van der Waals surface area contributed by atoms with Crippen molar-refractivity contribution >= 4 is 7.26 Å². The van der Waals surface area contributed by atoms with Crippen LogP contribution in [0.15, 0.2) is 0 Å². The normalized spacial score (nSPS) is 12.0. The molecule has 380 valence electrons. The molecular formula is C62H128P+. The van der Waals surface area contributed by atoms with Gasteiger partial charge in [-0.3, -0.25) is 0 Å². The van der Waals surface area contributed by atoms with Crippen LogP contribution in [0.4, 0.5) is 0 Å².